The van der Waals surface area contributed by atoms with Crippen molar-refractivity contribution in [2.75, 3.05) is 4.90 Å². The Morgan fingerprint density at radius 2 is 1.42 bits per heavy atom. The minimum absolute atomic E-state index is 0.00386. The number of fused-ring (bicyclic) bond motifs is 4. The van der Waals surface area contributed by atoms with Gasteiger partial charge in [-0.2, -0.15) is 0 Å². The second kappa shape index (κ2) is 12.2. The van der Waals surface area contributed by atoms with Crippen LogP contribution in [0.15, 0.2) is 119 Å². The highest BCUT2D eigenvalue weighted by atomic mass is 32.2. The average Bonchev–Trinajstić information content (AvgIpc) is 3.07. The quantitative estimate of drug-likeness (QED) is 0.142. The highest BCUT2D eigenvalue weighted by Gasteiger charge is 2.44. The molecule has 2 aliphatic carbocycles. The molecule has 1 aromatic heterocycles. The molecule has 1 amide bonds. The smallest absolute Gasteiger partial charge is 0.263 e. The van der Waals surface area contributed by atoms with Crippen LogP contribution < -0.4 is 10.5 Å². The molecular formula is C39H37N3O2S. The summed E-state index contributed by atoms with van der Waals surface area (Å²) in [4.78, 5) is 36.5. The van der Waals surface area contributed by atoms with E-state index < -0.39 is 5.25 Å². The van der Waals surface area contributed by atoms with Gasteiger partial charge < -0.3 is 0 Å². The highest BCUT2D eigenvalue weighted by molar-refractivity contribution is 8.00. The van der Waals surface area contributed by atoms with E-state index in [0.29, 0.717) is 5.16 Å². The number of para-hydroxylation sites is 3. The molecule has 1 saturated carbocycles. The number of anilines is 2. The number of rotatable bonds is 6. The van der Waals surface area contributed by atoms with E-state index in [1.165, 1.54) is 23.7 Å². The standard InChI is InChI=1S/C39H37N3O2S/c1-27-16-10-13-23-33(27)42-37(44)34-35(32-22-12-11-17-29(32)26-39(34)24-14-5-15-25-39)40-38(42)45-28(2)36(43)41(30-18-6-3-7-19-30)31-20-8-4-9-21-31/h3-4,6-13,16-23,28H,5,14-15,24-26H2,1-2H3/t28-/m1/s1. The Morgan fingerprint density at radius 1 is 0.822 bits per heavy atom. The maximum absolute atomic E-state index is 15.0. The zero-order valence-electron chi connectivity index (χ0n) is 25.8. The van der Waals surface area contributed by atoms with Crippen molar-refractivity contribution in [3.8, 4) is 16.9 Å². The molecule has 6 heteroatoms. The topological polar surface area (TPSA) is 55.2 Å². The number of benzene rings is 4. The summed E-state index contributed by atoms with van der Waals surface area (Å²) in [7, 11) is 0. The molecule has 7 rings (SSSR count). The van der Waals surface area contributed by atoms with Crippen LogP contribution in [0.1, 0.15) is 55.7 Å². The lowest BCUT2D eigenvalue weighted by atomic mass is 9.62. The van der Waals surface area contributed by atoms with Gasteiger partial charge in [-0.3, -0.25) is 19.1 Å². The normalized spacial score (nSPS) is 15.6. The summed E-state index contributed by atoms with van der Waals surface area (Å²) in [5.41, 5.74) is 7.10. The summed E-state index contributed by atoms with van der Waals surface area (Å²) in [5, 5.41) is 0.00532. The van der Waals surface area contributed by atoms with Crippen LogP contribution in [0.3, 0.4) is 0 Å². The fourth-order valence-electron chi connectivity index (χ4n) is 7.24. The monoisotopic (exact) mass is 611 g/mol. The summed E-state index contributed by atoms with van der Waals surface area (Å²) < 4.78 is 1.79. The van der Waals surface area contributed by atoms with Gasteiger partial charge in [0.1, 0.15) is 0 Å². The molecular weight excluding hydrogens is 575 g/mol. The SMILES string of the molecule is Cc1ccccc1-n1c(S[C@H](C)C(=O)N(c2ccccc2)c2ccccc2)nc2c(c1=O)C1(CCCCC1)Cc1ccccc1-2. The maximum Gasteiger partial charge on any atom is 0.263 e. The molecule has 0 N–H and O–H groups in total. The number of nitrogens with zero attached hydrogens (tertiary/aromatic N) is 3. The minimum atomic E-state index is -0.534. The third-order valence-corrected chi connectivity index (χ3v) is 10.5. The zero-order valence-corrected chi connectivity index (χ0v) is 26.6. The van der Waals surface area contributed by atoms with Crippen LogP contribution in [0.2, 0.25) is 0 Å². The first-order valence-electron chi connectivity index (χ1n) is 15.9. The molecule has 0 bridgehead atoms. The molecule has 45 heavy (non-hydrogen) atoms. The minimum Gasteiger partial charge on any atom is -0.280 e. The summed E-state index contributed by atoms with van der Waals surface area (Å²) in [6.45, 7) is 3.94. The maximum atomic E-state index is 15.0. The van der Waals surface area contributed by atoms with Crippen molar-refractivity contribution in [1.82, 2.24) is 9.55 Å². The van der Waals surface area contributed by atoms with Gasteiger partial charge in [-0.1, -0.05) is 110 Å². The average molecular weight is 612 g/mol. The number of amides is 1. The van der Waals surface area contributed by atoms with E-state index in [9.17, 15) is 4.79 Å². The Hall–Kier alpha value is -4.42. The van der Waals surface area contributed by atoms with Crippen LogP contribution in [0.25, 0.3) is 16.9 Å². The molecule has 1 atom stereocenters. The molecule has 4 aromatic carbocycles. The Kier molecular flexibility index (Phi) is 7.92. The van der Waals surface area contributed by atoms with Crippen LogP contribution in [0.4, 0.5) is 11.4 Å². The summed E-state index contributed by atoms with van der Waals surface area (Å²) in [6, 6.07) is 35.9. The van der Waals surface area contributed by atoms with E-state index in [1.807, 2.05) is 105 Å². The fourth-order valence-corrected chi connectivity index (χ4v) is 8.20. The Labute approximate surface area is 269 Å². The number of aromatic nitrogens is 2. The largest absolute Gasteiger partial charge is 0.280 e. The second-order valence-corrected chi connectivity index (χ2v) is 13.6. The summed E-state index contributed by atoms with van der Waals surface area (Å²) in [5.74, 6) is -0.0788. The molecule has 0 unspecified atom stereocenters. The van der Waals surface area contributed by atoms with Crippen molar-refractivity contribution in [3.05, 3.63) is 136 Å². The van der Waals surface area contributed by atoms with E-state index in [2.05, 4.69) is 18.2 Å². The number of hydrogen-bond acceptors (Lipinski definition) is 4. The van der Waals surface area contributed by atoms with E-state index in [0.717, 1.165) is 71.6 Å². The third-order valence-electron chi connectivity index (χ3n) is 9.43. The highest BCUT2D eigenvalue weighted by Crippen LogP contribution is 2.49. The van der Waals surface area contributed by atoms with Crippen LogP contribution >= 0.6 is 11.8 Å². The third kappa shape index (κ3) is 5.31. The first-order valence-corrected chi connectivity index (χ1v) is 16.8. The fraction of sp³-hybridized carbons (Fsp3) is 0.256. The molecule has 1 spiro atoms. The van der Waals surface area contributed by atoms with Gasteiger partial charge in [0.15, 0.2) is 5.16 Å². The first kappa shape index (κ1) is 29.3. The van der Waals surface area contributed by atoms with Crippen molar-refractivity contribution in [2.45, 2.75) is 68.2 Å². The van der Waals surface area contributed by atoms with Gasteiger partial charge in [0.2, 0.25) is 5.91 Å². The van der Waals surface area contributed by atoms with Crippen molar-refractivity contribution in [1.29, 1.82) is 0 Å². The molecule has 5 nitrogen and oxygen atoms in total. The molecule has 1 fully saturated rings. The van der Waals surface area contributed by atoms with Crippen LogP contribution in [-0.4, -0.2) is 20.7 Å². The molecule has 226 valence electrons. The van der Waals surface area contributed by atoms with Crippen molar-refractivity contribution < 1.29 is 4.79 Å². The molecule has 0 radical (unpaired) electrons. The van der Waals surface area contributed by atoms with Crippen molar-refractivity contribution >= 4 is 29.0 Å². The Balaban J connectivity index is 1.40. The lowest BCUT2D eigenvalue weighted by molar-refractivity contribution is -0.117. The van der Waals surface area contributed by atoms with Crippen LogP contribution in [-0.2, 0) is 16.6 Å². The van der Waals surface area contributed by atoms with Crippen LogP contribution in [0, 0.1) is 6.92 Å². The van der Waals surface area contributed by atoms with E-state index in [4.69, 9.17) is 4.98 Å². The number of carbonyl (C=O) groups is 1. The molecule has 0 aliphatic heterocycles. The van der Waals surface area contributed by atoms with E-state index in [-0.39, 0.29) is 16.9 Å². The van der Waals surface area contributed by atoms with Gasteiger partial charge in [0, 0.05) is 22.4 Å². The van der Waals surface area contributed by atoms with Gasteiger partial charge in [-0.05, 0) is 74.6 Å². The first-order chi connectivity index (χ1) is 22.0. The van der Waals surface area contributed by atoms with Gasteiger partial charge in [0.05, 0.1) is 22.2 Å². The molecule has 2 aliphatic rings. The second-order valence-electron chi connectivity index (χ2n) is 12.3. The number of aryl methyl sites for hydroxylation is 1. The molecule has 1 heterocycles. The lowest BCUT2D eigenvalue weighted by Crippen LogP contribution is -2.43. The van der Waals surface area contributed by atoms with Gasteiger partial charge >= 0.3 is 0 Å². The summed E-state index contributed by atoms with van der Waals surface area (Å²) in [6.07, 6.45) is 6.27. The van der Waals surface area contributed by atoms with Gasteiger partial charge in [-0.25, -0.2) is 4.98 Å². The number of carbonyl (C=O) groups excluding carboxylic acids is 1. The predicted molar refractivity (Wildman–Crippen MR) is 184 cm³/mol. The van der Waals surface area contributed by atoms with E-state index in [1.54, 1.807) is 9.47 Å². The number of thioether (sulfide) groups is 1. The van der Waals surface area contributed by atoms with Crippen LogP contribution in [0.5, 0.6) is 0 Å². The zero-order chi connectivity index (χ0) is 31.0. The summed E-state index contributed by atoms with van der Waals surface area (Å²) >= 11 is 1.36. The van der Waals surface area contributed by atoms with Gasteiger partial charge in [0.25, 0.3) is 5.56 Å². The molecule has 0 saturated heterocycles. The number of hydrogen-bond donors (Lipinski definition) is 0. The van der Waals surface area contributed by atoms with Crippen molar-refractivity contribution in [3.63, 3.8) is 0 Å². The lowest BCUT2D eigenvalue weighted by Gasteiger charge is -2.42. The predicted octanol–water partition coefficient (Wildman–Crippen LogP) is 8.81. The Morgan fingerprint density at radius 3 is 2.09 bits per heavy atom. The van der Waals surface area contributed by atoms with E-state index >= 15 is 4.79 Å². The molecule has 5 aromatic rings. The van der Waals surface area contributed by atoms with Crippen molar-refractivity contribution in [2.24, 2.45) is 0 Å². The van der Waals surface area contributed by atoms with Gasteiger partial charge in [-0.15, -0.1) is 0 Å². The Bertz CT molecular complexity index is 1870.